The van der Waals surface area contributed by atoms with Gasteiger partial charge in [-0.15, -0.1) is 0 Å². The molecule has 1 saturated heterocycles. The largest absolute Gasteiger partial charge is 0.478 e. The molecule has 0 aromatic carbocycles. The van der Waals surface area contributed by atoms with E-state index in [9.17, 15) is 41.0 Å². The van der Waals surface area contributed by atoms with Gasteiger partial charge in [-0.1, -0.05) is 23.2 Å². The lowest BCUT2D eigenvalue weighted by molar-refractivity contribution is -0.343. The number of rotatable bonds is 4. The lowest BCUT2D eigenvalue weighted by Crippen LogP contribution is -2.76. The maximum atomic E-state index is 14.3. The number of nitrogens with one attached hydrogen (secondary N) is 1. The van der Waals surface area contributed by atoms with Crippen molar-refractivity contribution in [3.05, 3.63) is 11.6 Å². The molecule has 0 aromatic heterocycles. The predicted molar refractivity (Wildman–Crippen MR) is 118 cm³/mol. The molecule has 208 valence electrons. The van der Waals surface area contributed by atoms with Crippen molar-refractivity contribution in [2.75, 3.05) is 19.6 Å². The van der Waals surface area contributed by atoms with Crippen LogP contribution in [0.2, 0.25) is 0 Å². The number of aliphatic carboxylic acids is 1. The fraction of sp³-hybridized carbons (Fsp3) is 0.800. The molecule has 36 heavy (non-hydrogen) atoms. The number of nitrogens with two attached hydrogens (primary N) is 2. The van der Waals surface area contributed by atoms with Gasteiger partial charge in [-0.05, 0) is 46.2 Å². The monoisotopic (exact) mass is 572 g/mol. The van der Waals surface area contributed by atoms with E-state index in [1.54, 1.807) is 20.8 Å². The van der Waals surface area contributed by atoms with Gasteiger partial charge in [0.1, 0.15) is 11.3 Å². The third-order valence-electron chi connectivity index (χ3n) is 6.19. The van der Waals surface area contributed by atoms with Crippen molar-refractivity contribution >= 4 is 35.3 Å². The maximum absolute atomic E-state index is 14.3. The summed E-state index contributed by atoms with van der Waals surface area (Å²) in [5.74, 6) is -5.01. The summed E-state index contributed by atoms with van der Waals surface area (Å²) in [7, 11) is 0. The van der Waals surface area contributed by atoms with Crippen LogP contribution in [0.4, 0.5) is 31.1 Å². The second kappa shape index (κ2) is 9.68. The summed E-state index contributed by atoms with van der Waals surface area (Å²) in [6.45, 7) is 3.70. The number of alkyl carbamates (subject to hydrolysis) is 1. The van der Waals surface area contributed by atoms with E-state index in [0.717, 1.165) is 0 Å². The highest BCUT2D eigenvalue weighted by atomic mass is 35.5. The number of piperidine rings is 1. The molecule has 0 bridgehead atoms. The number of carbonyl (C=O) groups is 2. The molecule has 0 radical (unpaired) electrons. The van der Waals surface area contributed by atoms with Gasteiger partial charge in [0, 0.05) is 25.0 Å². The molecule has 1 amide bonds. The number of allylic oxidation sites excluding steroid dienone is 1. The zero-order valence-electron chi connectivity index (χ0n) is 19.6. The molecule has 2 atom stereocenters. The molecule has 1 unspecified atom stereocenters. The molecule has 2 rings (SSSR count). The first-order valence-corrected chi connectivity index (χ1v) is 11.5. The van der Waals surface area contributed by atoms with E-state index in [1.165, 1.54) is 4.90 Å². The van der Waals surface area contributed by atoms with E-state index in [1.807, 2.05) is 0 Å². The molecule has 0 spiro atoms. The van der Waals surface area contributed by atoms with Crippen molar-refractivity contribution < 1.29 is 45.8 Å². The second-order valence-corrected chi connectivity index (χ2v) is 11.4. The highest BCUT2D eigenvalue weighted by Crippen LogP contribution is 2.65. The Morgan fingerprint density at radius 1 is 1.17 bits per heavy atom. The molecule has 0 saturated carbocycles. The molecule has 8 nitrogen and oxygen atoms in total. The third-order valence-corrected chi connectivity index (χ3v) is 7.34. The number of carboxylic acids is 1. The summed E-state index contributed by atoms with van der Waals surface area (Å²) < 4.78 is 87.6. The highest BCUT2D eigenvalue weighted by molar-refractivity contribution is 6.50. The number of halogens is 8. The Morgan fingerprint density at radius 2 is 1.69 bits per heavy atom. The van der Waals surface area contributed by atoms with Crippen molar-refractivity contribution in [3.8, 4) is 0 Å². The Balaban J connectivity index is 2.52. The second-order valence-electron chi connectivity index (χ2n) is 10.0. The van der Waals surface area contributed by atoms with Gasteiger partial charge >= 0.3 is 24.4 Å². The molecule has 2 aliphatic rings. The van der Waals surface area contributed by atoms with E-state index in [0.29, 0.717) is 12.8 Å². The summed E-state index contributed by atoms with van der Waals surface area (Å²) in [6, 6.07) is -0.672. The third kappa shape index (κ3) is 5.66. The molecule has 16 heteroatoms. The fourth-order valence-corrected chi connectivity index (χ4v) is 5.18. The maximum Gasteiger partial charge on any atom is 0.407 e. The lowest BCUT2D eigenvalue weighted by atomic mass is 9.62. The van der Waals surface area contributed by atoms with Crippen molar-refractivity contribution in [1.29, 1.82) is 0 Å². The molecule has 1 aliphatic heterocycles. The Hall–Kier alpha value is -1.48. The lowest BCUT2D eigenvalue weighted by Gasteiger charge is -2.55. The number of nitrogens with zero attached hydrogens (tertiary/aromatic N) is 1. The van der Waals surface area contributed by atoms with Gasteiger partial charge in [-0.2, -0.15) is 26.3 Å². The van der Waals surface area contributed by atoms with E-state index in [-0.39, 0.29) is 13.1 Å². The van der Waals surface area contributed by atoms with Crippen LogP contribution in [-0.2, 0) is 9.53 Å². The van der Waals surface area contributed by atoms with Crippen molar-refractivity contribution in [3.63, 3.8) is 0 Å². The van der Waals surface area contributed by atoms with Crippen molar-refractivity contribution in [2.45, 2.75) is 67.6 Å². The number of hydrogen-bond donors (Lipinski definition) is 4. The zero-order chi connectivity index (χ0) is 28.1. The summed E-state index contributed by atoms with van der Waals surface area (Å²) >= 11 is 12.1. The van der Waals surface area contributed by atoms with Crippen LogP contribution in [0.5, 0.6) is 0 Å². The number of likely N-dealkylation sites (tertiary alicyclic amines) is 1. The zero-order valence-corrected chi connectivity index (χ0v) is 21.1. The van der Waals surface area contributed by atoms with Gasteiger partial charge in [-0.3, -0.25) is 0 Å². The molecule has 0 aromatic rings. The smallest absolute Gasteiger partial charge is 0.407 e. The van der Waals surface area contributed by atoms with Gasteiger partial charge in [-0.25, -0.2) is 9.59 Å². The molecule has 1 heterocycles. The van der Waals surface area contributed by atoms with E-state index < -0.39 is 75.6 Å². The number of hydrogen-bond acceptors (Lipinski definition) is 6. The first kappa shape index (κ1) is 30.7. The summed E-state index contributed by atoms with van der Waals surface area (Å²) in [6.07, 6.45) is -12.8. The summed E-state index contributed by atoms with van der Waals surface area (Å²) in [4.78, 5) is 24.9. The number of carboxylic acid groups (broad SMARTS) is 1. The van der Waals surface area contributed by atoms with Crippen LogP contribution in [0.1, 0.15) is 33.6 Å². The number of alkyl halides is 8. The fourth-order valence-electron chi connectivity index (χ4n) is 4.49. The van der Waals surface area contributed by atoms with Crippen molar-refractivity contribution in [2.24, 2.45) is 22.8 Å². The van der Waals surface area contributed by atoms with Gasteiger partial charge in [0.15, 0.2) is 9.75 Å². The first-order valence-electron chi connectivity index (χ1n) is 10.7. The van der Waals surface area contributed by atoms with Crippen LogP contribution in [0, 0.1) is 11.3 Å². The van der Waals surface area contributed by atoms with Crippen LogP contribution in [0.3, 0.4) is 0 Å². The molecular weight excluding hydrogens is 545 g/mol. The predicted octanol–water partition coefficient (Wildman–Crippen LogP) is 3.51. The van der Waals surface area contributed by atoms with Gasteiger partial charge < -0.3 is 31.5 Å². The molecule has 1 aliphatic carbocycles. The topological polar surface area (TPSA) is 131 Å². The first-order chi connectivity index (χ1) is 16.0. The van der Waals surface area contributed by atoms with Gasteiger partial charge in [0.25, 0.3) is 0 Å². The number of ether oxygens (including phenoxy) is 1. The normalized spacial score (nSPS) is 26.6. The Morgan fingerprint density at radius 3 is 2.14 bits per heavy atom. The molecular formula is C20H28Cl2F6N4O4. The van der Waals surface area contributed by atoms with Crippen LogP contribution in [0.25, 0.3) is 0 Å². The minimum absolute atomic E-state index is 0.0380. The van der Waals surface area contributed by atoms with Crippen LogP contribution in [-0.4, -0.2) is 75.7 Å². The Kier molecular flexibility index (Phi) is 8.26. The molecule has 6 N–H and O–H groups in total. The van der Waals surface area contributed by atoms with Gasteiger partial charge in [0.05, 0.1) is 5.57 Å². The van der Waals surface area contributed by atoms with Crippen LogP contribution >= 0.6 is 23.2 Å². The van der Waals surface area contributed by atoms with Crippen LogP contribution in [0.15, 0.2) is 11.6 Å². The SMILES string of the molecule is CC(C)(C)OC(=O)N[C@@H]1CCCN(CC2C(Cl)(Cl)C(N)(N)C(C(=O)O)=CC2(C(F)(F)F)C(F)(F)F)C1. The van der Waals surface area contributed by atoms with Crippen LogP contribution < -0.4 is 16.8 Å². The van der Waals surface area contributed by atoms with E-state index >= 15 is 0 Å². The standard InChI is InChI=1S/C20H28Cl2F6N4O4/c1-15(2,3)36-14(35)31-10-5-4-6-32(8-10)9-12-16(19(23,24)25,20(26,27)28)7-11(13(33)34)18(29,30)17(12,21)22/h7,10,12H,4-6,8-9,29-30H2,1-3H3,(H,31,35)(H,33,34)/t10-,12?/m1/s1. The summed E-state index contributed by atoms with van der Waals surface area (Å²) in [5.41, 5.74) is 1.16. The average molecular weight is 573 g/mol. The quantitative estimate of drug-likeness (QED) is 0.230. The Labute approximate surface area is 213 Å². The van der Waals surface area contributed by atoms with E-state index in [4.69, 9.17) is 39.4 Å². The highest BCUT2D eigenvalue weighted by Gasteiger charge is 2.80. The van der Waals surface area contributed by atoms with Crippen molar-refractivity contribution in [1.82, 2.24) is 10.2 Å². The van der Waals surface area contributed by atoms with Gasteiger partial charge in [0.2, 0.25) is 0 Å². The number of carbonyl (C=O) groups excluding carboxylic acids is 1. The summed E-state index contributed by atoms with van der Waals surface area (Å²) in [5, 5.41) is 11.9. The molecule has 1 fully saturated rings. The minimum Gasteiger partial charge on any atom is -0.478 e. The number of amides is 1. The van der Waals surface area contributed by atoms with E-state index in [2.05, 4.69) is 5.32 Å². The minimum atomic E-state index is -6.08. The average Bonchev–Trinajstić information content (AvgIpc) is 2.62. The Bertz CT molecular complexity index is 888.